The molecule has 0 spiro atoms. The maximum Gasteiger partial charge on any atom is 0.490 e. The SMILES string of the molecule is CS(=O)(=O)N1CC(c2ncn[nH]2)c2cc(C(=O)NCc3cccnc3)ccc21.O=C(O)C(F)(F)F. The number of carbonyl (C=O) groups excluding carboxylic acids is 1. The van der Waals surface area contributed by atoms with Crippen molar-refractivity contribution in [3.63, 3.8) is 0 Å². The second kappa shape index (κ2) is 10.1. The van der Waals surface area contributed by atoms with Crippen LogP contribution in [0.25, 0.3) is 0 Å². The number of anilines is 1. The fourth-order valence-electron chi connectivity index (χ4n) is 3.28. The lowest BCUT2D eigenvalue weighted by atomic mass is 9.98. The molecule has 1 aromatic carbocycles. The highest BCUT2D eigenvalue weighted by Crippen LogP contribution is 2.40. The molecule has 2 aromatic heterocycles. The van der Waals surface area contributed by atoms with E-state index in [2.05, 4.69) is 25.5 Å². The van der Waals surface area contributed by atoms with Crippen LogP contribution in [0.4, 0.5) is 18.9 Å². The van der Waals surface area contributed by atoms with E-state index in [0.29, 0.717) is 23.6 Å². The molecule has 1 atom stereocenters. The first-order valence-corrected chi connectivity index (χ1v) is 11.7. The van der Waals surface area contributed by atoms with E-state index in [-0.39, 0.29) is 18.4 Å². The van der Waals surface area contributed by atoms with Crippen molar-refractivity contribution in [2.45, 2.75) is 18.6 Å². The van der Waals surface area contributed by atoms with Crippen LogP contribution >= 0.6 is 0 Å². The van der Waals surface area contributed by atoms with Crippen LogP contribution in [0.2, 0.25) is 0 Å². The third kappa shape index (κ3) is 6.32. The van der Waals surface area contributed by atoms with Crippen molar-refractivity contribution in [3.8, 4) is 0 Å². The summed E-state index contributed by atoms with van der Waals surface area (Å²) in [5, 5.41) is 16.6. The summed E-state index contributed by atoms with van der Waals surface area (Å²) in [6.07, 6.45) is 0.812. The molecule has 15 heteroatoms. The van der Waals surface area contributed by atoms with Gasteiger partial charge in [0.2, 0.25) is 10.0 Å². The summed E-state index contributed by atoms with van der Waals surface area (Å²) >= 11 is 0. The monoisotopic (exact) mass is 512 g/mol. The average molecular weight is 512 g/mol. The van der Waals surface area contributed by atoms with Crippen LogP contribution in [0, 0.1) is 0 Å². The zero-order valence-electron chi connectivity index (χ0n) is 18.0. The first kappa shape index (κ1) is 25.6. The number of carboxylic acids is 1. The van der Waals surface area contributed by atoms with E-state index in [9.17, 15) is 26.4 Å². The molecule has 0 bridgehead atoms. The molecule has 4 rings (SSSR count). The van der Waals surface area contributed by atoms with E-state index in [1.807, 2.05) is 6.07 Å². The Balaban J connectivity index is 0.000000429. The van der Waals surface area contributed by atoms with Gasteiger partial charge in [-0.3, -0.25) is 19.2 Å². The van der Waals surface area contributed by atoms with Crippen molar-refractivity contribution >= 4 is 27.6 Å². The molecule has 0 saturated heterocycles. The van der Waals surface area contributed by atoms with Crippen LogP contribution < -0.4 is 9.62 Å². The molecule has 186 valence electrons. The summed E-state index contributed by atoms with van der Waals surface area (Å²) in [5.74, 6) is -2.77. The predicted molar refractivity (Wildman–Crippen MR) is 116 cm³/mol. The van der Waals surface area contributed by atoms with Gasteiger partial charge in [-0.25, -0.2) is 18.2 Å². The normalized spacial score (nSPS) is 15.1. The Morgan fingerprint density at radius 3 is 2.54 bits per heavy atom. The number of carboxylic acid groups (broad SMARTS) is 1. The van der Waals surface area contributed by atoms with E-state index in [0.717, 1.165) is 17.4 Å². The second-order valence-corrected chi connectivity index (χ2v) is 9.24. The van der Waals surface area contributed by atoms with Gasteiger partial charge in [0.25, 0.3) is 5.91 Å². The van der Waals surface area contributed by atoms with Crippen molar-refractivity contribution in [1.82, 2.24) is 25.5 Å². The largest absolute Gasteiger partial charge is 0.490 e. The van der Waals surface area contributed by atoms with Gasteiger partial charge in [-0.2, -0.15) is 18.3 Å². The molecule has 1 aliphatic heterocycles. The fourth-order valence-corrected chi connectivity index (χ4v) is 4.23. The number of aliphatic carboxylic acids is 1. The minimum absolute atomic E-state index is 0.212. The Kier molecular flexibility index (Phi) is 7.38. The van der Waals surface area contributed by atoms with Gasteiger partial charge in [0.15, 0.2) is 0 Å². The predicted octanol–water partition coefficient (Wildman–Crippen LogP) is 1.67. The van der Waals surface area contributed by atoms with Crippen molar-refractivity contribution in [2.75, 3.05) is 17.1 Å². The summed E-state index contributed by atoms with van der Waals surface area (Å²) in [6, 6.07) is 8.68. The van der Waals surface area contributed by atoms with Crippen LogP contribution in [0.3, 0.4) is 0 Å². The molecule has 11 nitrogen and oxygen atoms in total. The fraction of sp³-hybridized carbons (Fsp3) is 0.250. The van der Waals surface area contributed by atoms with Gasteiger partial charge >= 0.3 is 12.1 Å². The Morgan fingerprint density at radius 1 is 1.29 bits per heavy atom. The Morgan fingerprint density at radius 2 is 2.00 bits per heavy atom. The van der Waals surface area contributed by atoms with Gasteiger partial charge in [0.1, 0.15) is 12.2 Å². The number of pyridine rings is 1. The van der Waals surface area contributed by atoms with Crippen molar-refractivity contribution < 1.29 is 36.3 Å². The number of rotatable bonds is 5. The van der Waals surface area contributed by atoms with Gasteiger partial charge in [0, 0.05) is 31.0 Å². The zero-order chi connectivity index (χ0) is 25.8. The lowest BCUT2D eigenvalue weighted by Gasteiger charge is -2.16. The summed E-state index contributed by atoms with van der Waals surface area (Å²) in [6.45, 7) is 0.564. The minimum Gasteiger partial charge on any atom is -0.475 e. The number of alkyl halides is 3. The third-order valence-corrected chi connectivity index (χ3v) is 6.01. The number of carbonyl (C=O) groups is 2. The summed E-state index contributed by atoms with van der Waals surface area (Å²) in [5.41, 5.74) is 2.60. The highest BCUT2D eigenvalue weighted by Gasteiger charge is 2.38. The minimum atomic E-state index is -5.08. The molecule has 3 aromatic rings. The molecule has 0 saturated carbocycles. The summed E-state index contributed by atoms with van der Waals surface area (Å²) < 4.78 is 57.4. The van der Waals surface area contributed by atoms with Crippen LogP contribution in [0.1, 0.15) is 33.2 Å². The average Bonchev–Trinajstić information content (AvgIpc) is 3.45. The van der Waals surface area contributed by atoms with Crippen LogP contribution in [0.5, 0.6) is 0 Å². The van der Waals surface area contributed by atoms with Gasteiger partial charge < -0.3 is 10.4 Å². The number of aromatic nitrogens is 4. The van der Waals surface area contributed by atoms with Gasteiger partial charge in [0.05, 0.1) is 17.9 Å². The number of benzene rings is 1. The number of amides is 1. The van der Waals surface area contributed by atoms with Gasteiger partial charge in [-0.05, 0) is 35.4 Å². The molecule has 1 aliphatic rings. The molecule has 0 aliphatic carbocycles. The second-order valence-electron chi connectivity index (χ2n) is 7.34. The van der Waals surface area contributed by atoms with Crippen LogP contribution in [-0.4, -0.2) is 64.5 Å². The Labute approximate surface area is 197 Å². The lowest BCUT2D eigenvalue weighted by Crippen LogP contribution is -2.29. The number of hydrogen-bond acceptors (Lipinski definition) is 7. The highest BCUT2D eigenvalue weighted by atomic mass is 32.2. The molecule has 1 amide bonds. The first-order valence-electron chi connectivity index (χ1n) is 9.82. The summed E-state index contributed by atoms with van der Waals surface area (Å²) in [7, 11) is -3.46. The standard InChI is InChI=1S/C18H18N6O3S.C2HF3O2/c1-28(26,27)24-10-15(17-21-11-22-23-17)14-7-13(4-5-16(14)24)18(25)20-9-12-3-2-6-19-8-12;3-2(4,5)1(6)7/h2-8,11,15H,9-10H2,1H3,(H,20,25)(H,21,22,23);(H,6,7). The van der Waals surface area contributed by atoms with Crippen molar-refractivity contribution in [2.24, 2.45) is 0 Å². The number of halogens is 3. The molecule has 3 heterocycles. The van der Waals surface area contributed by atoms with E-state index >= 15 is 0 Å². The van der Waals surface area contributed by atoms with Crippen molar-refractivity contribution in [3.05, 3.63) is 71.6 Å². The van der Waals surface area contributed by atoms with E-state index in [1.165, 1.54) is 10.6 Å². The van der Waals surface area contributed by atoms with Gasteiger partial charge in [-0.1, -0.05) is 6.07 Å². The number of hydrogen-bond donors (Lipinski definition) is 3. The number of nitrogens with zero attached hydrogens (tertiary/aromatic N) is 4. The smallest absolute Gasteiger partial charge is 0.475 e. The number of H-pyrrole nitrogens is 1. The third-order valence-electron chi connectivity index (χ3n) is 4.86. The molecular weight excluding hydrogens is 493 g/mol. The van der Waals surface area contributed by atoms with E-state index < -0.39 is 22.2 Å². The van der Waals surface area contributed by atoms with E-state index in [1.54, 1.807) is 36.7 Å². The maximum atomic E-state index is 12.6. The Bertz CT molecular complexity index is 1300. The molecule has 0 fully saturated rings. The molecular formula is C20H19F3N6O5S. The van der Waals surface area contributed by atoms with Gasteiger partial charge in [-0.15, -0.1) is 0 Å². The number of nitrogens with one attached hydrogen (secondary N) is 2. The highest BCUT2D eigenvalue weighted by molar-refractivity contribution is 7.92. The number of aromatic amines is 1. The van der Waals surface area contributed by atoms with Crippen LogP contribution in [0.15, 0.2) is 49.1 Å². The zero-order valence-corrected chi connectivity index (χ0v) is 18.8. The van der Waals surface area contributed by atoms with Crippen molar-refractivity contribution in [1.29, 1.82) is 0 Å². The van der Waals surface area contributed by atoms with Crippen LogP contribution in [-0.2, 0) is 21.4 Å². The first-order chi connectivity index (χ1) is 16.4. The Hall–Kier alpha value is -4.01. The topological polar surface area (TPSA) is 158 Å². The number of fused-ring (bicyclic) bond motifs is 1. The van der Waals surface area contributed by atoms with E-state index in [4.69, 9.17) is 9.90 Å². The maximum absolute atomic E-state index is 12.6. The number of sulfonamides is 1. The summed E-state index contributed by atoms with van der Waals surface area (Å²) in [4.78, 5) is 29.7. The lowest BCUT2D eigenvalue weighted by molar-refractivity contribution is -0.192. The molecule has 3 N–H and O–H groups in total. The molecule has 35 heavy (non-hydrogen) atoms. The molecule has 1 unspecified atom stereocenters. The molecule has 0 radical (unpaired) electrons. The quantitative estimate of drug-likeness (QED) is 0.466.